The summed E-state index contributed by atoms with van der Waals surface area (Å²) in [6.45, 7) is 1.08. The average Bonchev–Trinajstić information content (AvgIpc) is 3.14. The molecular weight excluding hydrogens is 412 g/mol. The number of amides is 1. The molecule has 9 heteroatoms. The van der Waals surface area contributed by atoms with Crippen LogP contribution in [-0.2, 0) is 16.1 Å². The molecule has 152 valence electrons. The van der Waals surface area contributed by atoms with Gasteiger partial charge in [0.1, 0.15) is 5.75 Å². The topological polar surface area (TPSA) is 78.3 Å². The second-order valence-electron chi connectivity index (χ2n) is 6.02. The summed E-state index contributed by atoms with van der Waals surface area (Å²) in [5, 5.41) is 12.7. The largest absolute Gasteiger partial charge is 0.497 e. The molecule has 1 heterocycles. The first-order chi connectivity index (χ1) is 14.1. The molecule has 0 spiro atoms. The van der Waals surface area contributed by atoms with Crippen LogP contribution in [-0.4, -0.2) is 47.3 Å². The number of hydrogen-bond acceptors (Lipinski definition) is 6. The first kappa shape index (κ1) is 21.2. The maximum absolute atomic E-state index is 12.3. The van der Waals surface area contributed by atoms with Crippen molar-refractivity contribution in [1.82, 2.24) is 14.8 Å². The van der Waals surface area contributed by atoms with Crippen LogP contribution >= 0.6 is 23.4 Å². The Morgan fingerprint density at radius 1 is 1.10 bits per heavy atom. The van der Waals surface area contributed by atoms with Gasteiger partial charge in [0.15, 0.2) is 11.0 Å². The van der Waals surface area contributed by atoms with Gasteiger partial charge < -0.3 is 14.8 Å². The van der Waals surface area contributed by atoms with Crippen molar-refractivity contribution < 1.29 is 14.3 Å². The zero-order chi connectivity index (χ0) is 20.6. The molecule has 0 aliphatic rings. The number of nitrogens with zero attached hydrogens (tertiary/aromatic N) is 3. The minimum atomic E-state index is -0.130. The Morgan fingerprint density at radius 3 is 2.48 bits per heavy atom. The quantitative estimate of drug-likeness (QED) is 0.515. The molecule has 1 aromatic heterocycles. The summed E-state index contributed by atoms with van der Waals surface area (Å²) >= 11 is 7.30. The fourth-order valence-electron chi connectivity index (χ4n) is 2.59. The second-order valence-corrected chi connectivity index (χ2v) is 7.40. The molecule has 0 unspecified atom stereocenters. The zero-order valence-corrected chi connectivity index (χ0v) is 17.7. The van der Waals surface area contributed by atoms with Crippen molar-refractivity contribution in [2.24, 2.45) is 0 Å². The summed E-state index contributed by atoms with van der Waals surface area (Å²) in [7, 11) is 3.24. The molecule has 0 saturated carbocycles. The van der Waals surface area contributed by atoms with E-state index in [2.05, 4.69) is 15.5 Å². The van der Waals surface area contributed by atoms with Gasteiger partial charge in [-0.1, -0.05) is 23.4 Å². The van der Waals surface area contributed by atoms with Crippen LogP contribution in [0.2, 0.25) is 5.02 Å². The Bertz CT molecular complexity index is 945. The van der Waals surface area contributed by atoms with Crippen LogP contribution in [0.5, 0.6) is 5.75 Å². The SMILES string of the molecule is COCCn1c(SCC(=O)Nc2ccc(OC)cc2)nnc1-c1ccc(Cl)cc1. The normalized spacial score (nSPS) is 10.7. The highest BCUT2D eigenvalue weighted by Crippen LogP contribution is 2.25. The average molecular weight is 433 g/mol. The monoisotopic (exact) mass is 432 g/mol. The van der Waals surface area contributed by atoms with Crippen molar-refractivity contribution in [3.8, 4) is 17.1 Å². The molecule has 0 saturated heterocycles. The minimum Gasteiger partial charge on any atom is -0.497 e. The highest BCUT2D eigenvalue weighted by molar-refractivity contribution is 7.99. The van der Waals surface area contributed by atoms with Crippen LogP contribution < -0.4 is 10.1 Å². The van der Waals surface area contributed by atoms with Crippen LogP contribution in [0.1, 0.15) is 0 Å². The zero-order valence-electron chi connectivity index (χ0n) is 16.1. The number of ether oxygens (including phenoxy) is 2. The summed E-state index contributed by atoms with van der Waals surface area (Å²) in [5.41, 5.74) is 1.60. The Balaban J connectivity index is 1.69. The van der Waals surface area contributed by atoms with E-state index in [9.17, 15) is 4.79 Å². The number of aromatic nitrogens is 3. The molecule has 3 aromatic rings. The molecule has 1 amide bonds. The second kappa shape index (κ2) is 10.3. The Labute approximate surface area is 178 Å². The van der Waals surface area contributed by atoms with Gasteiger partial charge in [-0.2, -0.15) is 0 Å². The number of anilines is 1. The number of benzene rings is 2. The number of carbonyl (C=O) groups excluding carboxylic acids is 1. The van der Waals surface area contributed by atoms with Crippen molar-refractivity contribution in [1.29, 1.82) is 0 Å². The lowest BCUT2D eigenvalue weighted by Crippen LogP contribution is -2.15. The maximum Gasteiger partial charge on any atom is 0.234 e. The van der Waals surface area contributed by atoms with E-state index in [4.69, 9.17) is 21.1 Å². The summed E-state index contributed by atoms with van der Waals surface area (Å²) in [6, 6.07) is 14.6. The minimum absolute atomic E-state index is 0.130. The lowest BCUT2D eigenvalue weighted by Gasteiger charge is -2.10. The first-order valence-electron chi connectivity index (χ1n) is 8.85. The van der Waals surface area contributed by atoms with E-state index in [0.717, 1.165) is 11.3 Å². The highest BCUT2D eigenvalue weighted by Gasteiger charge is 2.16. The van der Waals surface area contributed by atoms with E-state index in [0.29, 0.717) is 34.8 Å². The van der Waals surface area contributed by atoms with Gasteiger partial charge in [-0.3, -0.25) is 9.36 Å². The van der Waals surface area contributed by atoms with Gasteiger partial charge in [-0.25, -0.2) is 0 Å². The molecule has 0 bridgehead atoms. The third-order valence-electron chi connectivity index (χ3n) is 4.04. The van der Waals surface area contributed by atoms with E-state index < -0.39 is 0 Å². The van der Waals surface area contributed by atoms with Gasteiger partial charge in [0.25, 0.3) is 0 Å². The van der Waals surface area contributed by atoms with Crippen LogP contribution in [0.25, 0.3) is 11.4 Å². The molecule has 3 rings (SSSR count). The van der Waals surface area contributed by atoms with Crippen LogP contribution in [0.15, 0.2) is 53.7 Å². The van der Waals surface area contributed by atoms with Gasteiger partial charge in [0.05, 0.1) is 26.0 Å². The van der Waals surface area contributed by atoms with Crippen LogP contribution in [0.3, 0.4) is 0 Å². The van der Waals surface area contributed by atoms with Crippen LogP contribution in [0.4, 0.5) is 5.69 Å². The van der Waals surface area contributed by atoms with Crippen LogP contribution in [0, 0.1) is 0 Å². The maximum atomic E-state index is 12.3. The third kappa shape index (κ3) is 5.72. The van der Waals surface area contributed by atoms with E-state index in [-0.39, 0.29) is 11.7 Å². The fraction of sp³-hybridized carbons (Fsp3) is 0.250. The highest BCUT2D eigenvalue weighted by atomic mass is 35.5. The Morgan fingerprint density at radius 2 is 1.83 bits per heavy atom. The first-order valence-corrected chi connectivity index (χ1v) is 10.2. The summed E-state index contributed by atoms with van der Waals surface area (Å²) in [5.74, 6) is 1.52. The number of nitrogens with one attached hydrogen (secondary N) is 1. The molecule has 0 radical (unpaired) electrons. The van der Waals surface area contributed by atoms with Gasteiger partial charge >= 0.3 is 0 Å². The number of thioether (sulfide) groups is 1. The van der Waals surface area contributed by atoms with Gasteiger partial charge in [0, 0.05) is 23.4 Å². The van der Waals surface area contributed by atoms with E-state index in [1.165, 1.54) is 11.8 Å². The van der Waals surface area contributed by atoms with Crippen molar-refractivity contribution in [3.05, 3.63) is 53.6 Å². The number of rotatable bonds is 9. The van der Waals surface area contributed by atoms with Gasteiger partial charge in [-0.05, 0) is 48.5 Å². The summed E-state index contributed by atoms with van der Waals surface area (Å²) in [6.07, 6.45) is 0. The molecule has 0 aliphatic carbocycles. The van der Waals surface area contributed by atoms with E-state index in [1.807, 2.05) is 16.7 Å². The Hall–Kier alpha value is -2.55. The van der Waals surface area contributed by atoms with Crippen molar-refractivity contribution >= 4 is 35.0 Å². The predicted octanol–water partition coefficient (Wildman–Crippen LogP) is 3.98. The molecule has 2 aromatic carbocycles. The third-order valence-corrected chi connectivity index (χ3v) is 5.26. The molecule has 0 atom stereocenters. The lowest BCUT2D eigenvalue weighted by molar-refractivity contribution is -0.113. The molecule has 29 heavy (non-hydrogen) atoms. The van der Waals surface area contributed by atoms with Gasteiger partial charge in [-0.15, -0.1) is 10.2 Å². The van der Waals surface area contributed by atoms with E-state index >= 15 is 0 Å². The molecule has 0 aliphatic heterocycles. The number of carbonyl (C=O) groups is 1. The molecule has 0 fully saturated rings. The smallest absolute Gasteiger partial charge is 0.234 e. The Kier molecular flexibility index (Phi) is 7.51. The van der Waals surface area contributed by atoms with Gasteiger partial charge in [0.2, 0.25) is 5.91 Å². The number of hydrogen-bond donors (Lipinski definition) is 1. The summed E-state index contributed by atoms with van der Waals surface area (Å²) < 4.78 is 12.3. The van der Waals surface area contributed by atoms with E-state index in [1.54, 1.807) is 50.6 Å². The molecule has 1 N–H and O–H groups in total. The number of methoxy groups -OCH3 is 2. The summed E-state index contributed by atoms with van der Waals surface area (Å²) in [4.78, 5) is 12.3. The molecular formula is C20H21ClN4O3S. The standard InChI is InChI=1S/C20H21ClN4O3S/c1-27-12-11-25-19(14-3-5-15(21)6-4-14)23-24-20(25)29-13-18(26)22-16-7-9-17(28-2)10-8-16/h3-10H,11-13H2,1-2H3,(H,22,26). The molecule has 7 nitrogen and oxygen atoms in total. The van der Waals surface area contributed by atoms with Crippen molar-refractivity contribution in [3.63, 3.8) is 0 Å². The fourth-order valence-corrected chi connectivity index (χ4v) is 3.48. The predicted molar refractivity (Wildman–Crippen MR) is 115 cm³/mol. The lowest BCUT2D eigenvalue weighted by atomic mass is 10.2. The van der Waals surface area contributed by atoms with Crippen molar-refractivity contribution in [2.45, 2.75) is 11.7 Å². The number of halogens is 1. The van der Waals surface area contributed by atoms with Crippen molar-refractivity contribution in [2.75, 3.05) is 31.9 Å².